The summed E-state index contributed by atoms with van der Waals surface area (Å²) in [6.07, 6.45) is 4.07. The van der Waals surface area contributed by atoms with E-state index in [-0.39, 0.29) is 0 Å². The lowest BCUT2D eigenvalue weighted by Crippen LogP contribution is -2.36. The molecule has 1 aromatic carbocycles. The number of piperidine rings is 1. The first kappa shape index (κ1) is 11.0. The summed E-state index contributed by atoms with van der Waals surface area (Å²) in [4.78, 5) is 2.56. The molecular weight excluding hydrogens is 206 g/mol. The van der Waals surface area contributed by atoms with Crippen LogP contribution in [0.1, 0.15) is 31.7 Å². The maximum atomic E-state index is 5.87. The van der Waals surface area contributed by atoms with Crippen LogP contribution in [0.2, 0.25) is 5.02 Å². The Kier molecular flexibility index (Phi) is 3.66. The lowest BCUT2D eigenvalue weighted by atomic mass is 10.0. The highest BCUT2D eigenvalue weighted by Gasteiger charge is 2.17. The van der Waals surface area contributed by atoms with Gasteiger partial charge in [-0.1, -0.05) is 30.2 Å². The van der Waals surface area contributed by atoms with Crippen LogP contribution in [-0.4, -0.2) is 17.5 Å². The fourth-order valence-electron chi connectivity index (χ4n) is 2.22. The average Bonchev–Trinajstić information content (AvgIpc) is 2.25. The molecule has 0 bridgehead atoms. The van der Waals surface area contributed by atoms with E-state index < -0.39 is 0 Å². The first-order chi connectivity index (χ1) is 7.25. The molecule has 0 aromatic heterocycles. The van der Waals surface area contributed by atoms with Crippen molar-refractivity contribution in [2.75, 3.05) is 6.54 Å². The first-order valence-corrected chi connectivity index (χ1v) is 6.12. The first-order valence-electron chi connectivity index (χ1n) is 5.74. The lowest BCUT2D eigenvalue weighted by Gasteiger charge is -2.33. The molecule has 0 radical (unpaired) electrons. The number of nitrogens with zero attached hydrogens (tertiary/aromatic N) is 1. The van der Waals surface area contributed by atoms with E-state index in [9.17, 15) is 0 Å². The Labute approximate surface area is 97.0 Å². The summed E-state index contributed by atoms with van der Waals surface area (Å²) in [5, 5.41) is 0.824. The van der Waals surface area contributed by atoms with Crippen LogP contribution in [0.25, 0.3) is 0 Å². The topological polar surface area (TPSA) is 3.24 Å². The van der Waals surface area contributed by atoms with Crippen LogP contribution in [0, 0.1) is 0 Å². The number of halogens is 1. The van der Waals surface area contributed by atoms with Gasteiger partial charge in [0, 0.05) is 17.6 Å². The van der Waals surface area contributed by atoms with Crippen LogP contribution in [0.3, 0.4) is 0 Å². The van der Waals surface area contributed by atoms with Gasteiger partial charge < -0.3 is 0 Å². The van der Waals surface area contributed by atoms with E-state index in [2.05, 4.69) is 24.0 Å². The van der Waals surface area contributed by atoms with Gasteiger partial charge in [0.05, 0.1) is 0 Å². The highest BCUT2D eigenvalue weighted by Crippen LogP contribution is 2.19. The number of hydrogen-bond donors (Lipinski definition) is 0. The second-order valence-electron chi connectivity index (χ2n) is 4.44. The van der Waals surface area contributed by atoms with Crippen molar-refractivity contribution in [2.24, 2.45) is 0 Å². The Hall–Kier alpha value is -0.530. The summed E-state index contributed by atoms with van der Waals surface area (Å²) in [5.74, 6) is 0. The van der Waals surface area contributed by atoms with E-state index in [1.165, 1.54) is 31.4 Å². The van der Waals surface area contributed by atoms with Crippen molar-refractivity contribution in [1.29, 1.82) is 0 Å². The summed E-state index contributed by atoms with van der Waals surface area (Å²) in [6.45, 7) is 4.64. The zero-order valence-electron chi connectivity index (χ0n) is 9.25. The molecule has 1 heterocycles. The van der Waals surface area contributed by atoms with Crippen molar-refractivity contribution in [3.05, 3.63) is 34.9 Å². The van der Waals surface area contributed by atoms with E-state index in [0.717, 1.165) is 17.6 Å². The zero-order valence-corrected chi connectivity index (χ0v) is 10.0. The largest absolute Gasteiger partial charge is 0.296 e. The molecule has 1 atom stereocenters. The molecule has 2 rings (SSSR count). The molecule has 1 saturated heterocycles. The van der Waals surface area contributed by atoms with Gasteiger partial charge in [-0.25, -0.2) is 0 Å². The third kappa shape index (κ3) is 2.96. The maximum Gasteiger partial charge on any atom is 0.0406 e. The van der Waals surface area contributed by atoms with Crippen molar-refractivity contribution in [2.45, 2.75) is 38.8 Å². The predicted molar refractivity (Wildman–Crippen MR) is 65.2 cm³/mol. The molecule has 0 N–H and O–H groups in total. The number of rotatable bonds is 2. The fraction of sp³-hybridized carbons (Fsp3) is 0.538. The fourth-order valence-corrected chi connectivity index (χ4v) is 2.34. The van der Waals surface area contributed by atoms with Crippen molar-refractivity contribution >= 4 is 11.6 Å². The van der Waals surface area contributed by atoms with Crippen molar-refractivity contribution in [1.82, 2.24) is 4.90 Å². The van der Waals surface area contributed by atoms with Crippen molar-refractivity contribution < 1.29 is 0 Å². The highest BCUT2D eigenvalue weighted by molar-refractivity contribution is 6.30. The SMILES string of the molecule is CC1CCCCN1Cc1ccc(Cl)cc1. The second-order valence-corrected chi connectivity index (χ2v) is 4.88. The average molecular weight is 224 g/mol. The van der Waals surface area contributed by atoms with Gasteiger partial charge in [0.1, 0.15) is 0 Å². The van der Waals surface area contributed by atoms with E-state index >= 15 is 0 Å². The molecule has 1 unspecified atom stereocenters. The Morgan fingerprint density at radius 1 is 1.27 bits per heavy atom. The van der Waals surface area contributed by atoms with Gasteiger partial charge in [0.15, 0.2) is 0 Å². The van der Waals surface area contributed by atoms with Gasteiger partial charge in [0.25, 0.3) is 0 Å². The molecule has 1 nitrogen and oxygen atoms in total. The van der Waals surface area contributed by atoms with Gasteiger partial charge in [-0.05, 0) is 44.0 Å². The molecule has 82 valence electrons. The number of benzene rings is 1. The molecule has 1 aliphatic heterocycles. The van der Waals surface area contributed by atoms with Gasteiger partial charge >= 0.3 is 0 Å². The van der Waals surface area contributed by atoms with Gasteiger partial charge in [-0.15, -0.1) is 0 Å². The van der Waals surface area contributed by atoms with Gasteiger partial charge in [-0.3, -0.25) is 4.90 Å². The van der Waals surface area contributed by atoms with Crippen molar-refractivity contribution in [3.8, 4) is 0 Å². The van der Waals surface area contributed by atoms with Gasteiger partial charge in [0.2, 0.25) is 0 Å². The maximum absolute atomic E-state index is 5.87. The lowest BCUT2D eigenvalue weighted by molar-refractivity contribution is 0.152. The zero-order chi connectivity index (χ0) is 10.7. The molecule has 0 saturated carbocycles. The normalized spacial score (nSPS) is 22.9. The Morgan fingerprint density at radius 3 is 2.67 bits per heavy atom. The second kappa shape index (κ2) is 5.00. The van der Waals surface area contributed by atoms with Crippen molar-refractivity contribution in [3.63, 3.8) is 0 Å². The third-order valence-corrected chi connectivity index (χ3v) is 3.49. The minimum atomic E-state index is 0.731. The standard InChI is InChI=1S/C13H18ClN/c1-11-4-2-3-9-15(11)10-12-5-7-13(14)8-6-12/h5-8,11H,2-4,9-10H2,1H3. The molecule has 0 spiro atoms. The summed E-state index contributed by atoms with van der Waals surface area (Å²) in [7, 11) is 0. The van der Waals surface area contributed by atoms with Gasteiger partial charge in [-0.2, -0.15) is 0 Å². The molecule has 0 amide bonds. The van der Waals surface area contributed by atoms with Crippen LogP contribution in [0.5, 0.6) is 0 Å². The summed E-state index contributed by atoms with van der Waals surface area (Å²) in [6, 6.07) is 8.94. The van der Waals surface area contributed by atoms with E-state index in [0.29, 0.717) is 0 Å². The molecule has 0 aliphatic carbocycles. The Balaban J connectivity index is 1.98. The number of likely N-dealkylation sites (tertiary alicyclic amines) is 1. The monoisotopic (exact) mass is 223 g/mol. The highest BCUT2D eigenvalue weighted by atomic mass is 35.5. The predicted octanol–water partition coefficient (Wildman–Crippen LogP) is 3.71. The molecule has 1 fully saturated rings. The van der Waals surface area contributed by atoms with Crippen LogP contribution in [0.4, 0.5) is 0 Å². The molecular formula is C13H18ClN. The van der Waals surface area contributed by atoms with Crippen LogP contribution in [-0.2, 0) is 6.54 Å². The summed E-state index contributed by atoms with van der Waals surface area (Å²) in [5.41, 5.74) is 1.37. The minimum absolute atomic E-state index is 0.731. The minimum Gasteiger partial charge on any atom is -0.296 e. The quantitative estimate of drug-likeness (QED) is 0.739. The van der Waals surface area contributed by atoms with Crippen LogP contribution in [0.15, 0.2) is 24.3 Å². The van der Waals surface area contributed by atoms with E-state index in [1.54, 1.807) is 0 Å². The van der Waals surface area contributed by atoms with Crippen LogP contribution < -0.4 is 0 Å². The summed E-state index contributed by atoms with van der Waals surface area (Å²) >= 11 is 5.87. The molecule has 1 aromatic rings. The Morgan fingerprint density at radius 2 is 2.00 bits per heavy atom. The number of hydrogen-bond acceptors (Lipinski definition) is 1. The smallest absolute Gasteiger partial charge is 0.0406 e. The van der Waals surface area contributed by atoms with E-state index in [4.69, 9.17) is 11.6 Å². The summed E-state index contributed by atoms with van der Waals surface area (Å²) < 4.78 is 0. The van der Waals surface area contributed by atoms with Crippen LogP contribution >= 0.6 is 11.6 Å². The molecule has 15 heavy (non-hydrogen) atoms. The Bertz CT molecular complexity index is 307. The molecule has 1 aliphatic rings. The molecule has 2 heteroatoms. The third-order valence-electron chi connectivity index (χ3n) is 3.24. The van der Waals surface area contributed by atoms with E-state index in [1.807, 2.05) is 12.1 Å².